The summed E-state index contributed by atoms with van der Waals surface area (Å²) in [5, 5.41) is 11.5. The summed E-state index contributed by atoms with van der Waals surface area (Å²) in [6.45, 7) is 2.96. The molecule has 4 N–H and O–H groups in total. The van der Waals surface area contributed by atoms with Crippen LogP contribution in [-0.2, 0) is 23.1 Å². The maximum atomic E-state index is 11.4. The number of guanidine groups is 1. The van der Waals surface area contributed by atoms with Gasteiger partial charge in [-0.2, -0.15) is 0 Å². The zero-order valence-electron chi connectivity index (χ0n) is 15.1. The van der Waals surface area contributed by atoms with E-state index in [0.29, 0.717) is 19.0 Å². The summed E-state index contributed by atoms with van der Waals surface area (Å²) >= 11 is 0. The largest absolute Gasteiger partial charge is 0.496 e. The van der Waals surface area contributed by atoms with Crippen LogP contribution < -0.4 is 20.5 Å². The molecule has 0 aliphatic rings. The van der Waals surface area contributed by atoms with Gasteiger partial charge in [0.15, 0.2) is 5.96 Å². The molecule has 8 heteroatoms. The van der Waals surface area contributed by atoms with E-state index in [0.717, 1.165) is 22.4 Å². The SMILES string of the molecule is CN=C(NCc1cccc(S(N)(=O)=O)c1)NCc1ccc(C)cc1OC. The summed E-state index contributed by atoms with van der Waals surface area (Å²) < 4.78 is 28.3. The fourth-order valence-electron chi connectivity index (χ4n) is 2.42. The molecule has 0 spiro atoms. The van der Waals surface area contributed by atoms with Gasteiger partial charge in [0, 0.05) is 25.7 Å². The first-order chi connectivity index (χ1) is 12.3. The van der Waals surface area contributed by atoms with Crippen LogP contribution >= 0.6 is 0 Å². The molecular formula is C18H24N4O3S. The molecule has 2 aromatic rings. The second-order valence-corrected chi connectivity index (χ2v) is 7.35. The monoisotopic (exact) mass is 376 g/mol. The lowest BCUT2D eigenvalue weighted by Gasteiger charge is -2.14. The Kier molecular flexibility index (Phi) is 6.59. The van der Waals surface area contributed by atoms with Gasteiger partial charge in [0.25, 0.3) is 0 Å². The third-order valence-electron chi connectivity index (χ3n) is 3.80. The average molecular weight is 376 g/mol. The van der Waals surface area contributed by atoms with Crippen molar-refractivity contribution in [1.82, 2.24) is 10.6 Å². The van der Waals surface area contributed by atoms with Crippen molar-refractivity contribution in [3.63, 3.8) is 0 Å². The number of nitrogens with zero attached hydrogens (tertiary/aromatic N) is 1. The van der Waals surface area contributed by atoms with E-state index >= 15 is 0 Å². The minimum absolute atomic E-state index is 0.0872. The van der Waals surface area contributed by atoms with Gasteiger partial charge in [0.1, 0.15) is 5.75 Å². The minimum atomic E-state index is -3.71. The highest BCUT2D eigenvalue weighted by Crippen LogP contribution is 2.19. The normalized spacial score (nSPS) is 11.9. The number of rotatable bonds is 6. The Balaban J connectivity index is 1.99. The van der Waals surface area contributed by atoms with Crippen molar-refractivity contribution in [1.29, 1.82) is 0 Å². The van der Waals surface area contributed by atoms with E-state index in [-0.39, 0.29) is 4.90 Å². The van der Waals surface area contributed by atoms with Gasteiger partial charge in [0.05, 0.1) is 12.0 Å². The Morgan fingerprint density at radius 3 is 2.54 bits per heavy atom. The second kappa shape index (κ2) is 8.68. The highest BCUT2D eigenvalue weighted by atomic mass is 32.2. The molecule has 0 fully saturated rings. The highest BCUT2D eigenvalue weighted by Gasteiger charge is 2.08. The lowest BCUT2D eigenvalue weighted by Crippen LogP contribution is -2.36. The number of methoxy groups -OCH3 is 1. The van der Waals surface area contributed by atoms with Crippen molar-refractivity contribution in [2.75, 3.05) is 14.2 Å². The first kappa shape index (κ1) is 19.7. The zero-order valence-corrected chi connectivity index (χ0v) is 15.9. The third-order valence-corrected chi connectivity index (χ3v) is 4.71. The summed E-state index contributed by atoms with van der Waals surface area (Å²) in [5.74, 6) is 1.41. The number of primary sulfonamides is 1. The number of sulfonamides is 1. The molecule has 0 unspecified atom stereocenters. The minimum Gasteiger partial charge on any atom is -0.496 e. The third kappa shape index (κ3) is 5.47. The Bertz CT molecular complexity index is 895. The molecule has 2 rings (SSSR count). The predicted molar refractivity (Wildman–Crippen MR) is 103 cm³/mol. The van der Waals surface area contributed by atoms with Gasteiger partial charge in [-0.3, -0.25) is 4.99 Å². The Morgan fingerprint density at radius 1 is 1.15 bits per heavy atom. The Morgan fingerprint density at radius 2 is 1.88 bits per heavy atom. The van der Waals surface area contributed by atoms with Crippen LogP contribution in [0.5, 0.6) is 5.75 Å². The number of hydrogen-bond acceptors (Lipinski definition) is 4. The maximum absolute atomic E-state index is 11.4. The quantitative estimate of drug-likeness (QED) is 0.523. The van der Waals surface area contributed by atoms with Crippen LogP contribution in [0.3, 0.4) is 0 Å². The number of aryl methyl sites for hydroxylation is 1. The number of aliphatic imine (C=N–C) groups is 1. The smallest absolute Gasteiger partial charge is 0.238 e. The highest BCUT2D eigenvalue weighted by molar-refractivity contribution is 7.89. The van der Waals surface area contributed by atoms with Crippen molar-refractivity contribution in [2.24, 2.45) is 10.1 Å². The van der Waals surface area contributed by atoms with Crippen molar-refractivity contribution in [3.05, 3.63) is 59.2 Å². The number of ether oxygens (including phenoxy) is 1. The zero-order chi connectivity index (χ0) is 19.2. The van der Waals surface area contributed by atoms with E-state index in [2.05, 4.69) is 15.6 Å². The fraction of sp³-hybridized carbons (Fsp3) is 0.278. The van der Waals surface area contributed by atoms with Crippen LogP contribution in [0, 0.1) is 6.92 Å². The summed E-state index contributed by atoms with van der Waals surface area (Å²) in [6.07, 6.45) is 0. The molecule has 0 saturated carbocycles. The summed E-state index contributed by atoms with van der Waals surface area (Å²) in [7, 11) is -0.403. The van der Waals surface area contributed by atoms with E-state index < -0.39 is 10.0 Å². The van der Waals surface area contributed by atoms with Crippen LogP contribution in [0.2, 0.25) is 0 Å². The average Bonchev–Trinajstić information content (AvgIpc) is 2.62. The maximum Gasteiger partial charge on any atom is 0.238 e. The lowest BCUT2D eigenvalue weighted by atomic mass is 10.1. The van der Waals surface area contributed by atoms with Crippen LogP contribution in [0.15, 0.2) is 52.4 Å². The van der Waals surface area contributed by atoms with E-state index in [1.165, 1.54) is 6.07 Å². The molecule has 140 valence electrons. The van der Waals surface area contributed by atoms with Gasteiger partial charge in [-0.25, -0.2) is 13.6 Å². The van der Waals surface area contributed by atoms with Crippen molar-refractivity contribution in [3.8, 4) is 5.75 Å². The van der Waals surface area contributed by atoms with Crippen molar-refractivity contribution < 1.29 is 13.2 Å². The van der Waals surface area contributed by atoms with Crippen LogP contribution in [0.1, 0.15) is 16.7 Å². The van der Waals surface area contributed by atoms with Gasteiger partial charge in [0.2, 0.25) is 10.0 Å². The molecule has 0 amide bonds. The molecule has 26 heavy (non-hydrogen) atoms. The van der Waals surface area contributed by atoms with E-state index in [1.807, 2.05) is 31.2 Å². The predicted octanol–water partition coefficient (Wildman–Crippen LogP) is 1.52. The van der Waals surface area contributed by atoms with E-state index in [1.54, 1.807) is 26.3 Å². The molecule has 0 aliphatic heterocycles. The van der Waals surface area contributed by atoms with Crippen LogP contribution in [0.25, 0.3) is 0 Å². The van der Waals surface area contributed by atoms with E-state index in [9.17, 15) is 8.42 Å². The molecule has 7 nitrogen and oxygen atoms in total. The first-order valence-corrected chi connectivity index (χ1v) is 9.58. The van der Waals surface area contributed by atoms with Crippen LogP contribution in [0.4, 0.5) is 0 Å². The van der Waals surface area contributed by atoms with Crippen molar-refractivity contribution >= 4 is 16.0 Å². The van der Waals surface area contributed by atoms with Crippen LogP contribution in [-0.4, -0.2) is 28.5 Å². The standard InChI is InChI=1S/C18H24N4O3S/c1-13-7-8-15(17(9-13)25-3)12-22-18(20-2)21-11-14-5-4-6-16(10-14)26(19,23)24/h4-10H,11-12H2,1-3H3,(H2,19,23,24)(H2,20,21,22). The van der Waals surface area contributed by atoms with Gasteiger partial charge >= 0.3 is 0 Å². The molecule has 0 aromatic heterocycles. The van der Waals surface area contributed by atoms with Gasteiger partial charge in [-0.15, -0.1) is 0 Å². The second-order valence-electron chi connectivity index (χ2n) is 5.79. The molecule has 0 atom stereocenters. The lowest BCUT2D eigenvalue weighted by molar-refractivity contribution is 0.408. The Labute approximate surface area is 154 Å². The topological polar surface area (TPSA) is 106 Å². The number of benzene rings is 2. The summed E-state index contributed by atoms with van der Waals surface area (Å²) in [4.78, 5) is 4.26. The van der Waals surface area contributed by atoms with Gasteiger partial charge in [-0.05, 0) is 36.2 Å². The molecule has 0 radical (unpaired) electrons. The number of nitrogens with one attached hydrogen (secondary N) is 2. The summed E-state index contributed by atoms with van der Waals surface area (Å²) in [5.41, 5.74) is 2.92. The molecule has 0 saturated heterocycles. The molecular weight excluding hydrogens is 352 g/mol. The molecule has 0 bridgehead atoms. The first-order valence-electron chi connectivity index (χ1n) is 8.03. The van der Waals surface area contributed by atoms with Gasteiger partial charge in [-0.1, -0.05) is 24.3 Å². The van der Waals surface area contributed by atoms with E-state index in [4.69, 9.17) is 9.88 Å². The molecule has 0 heterocycles. The fourth-order valence-corrected chi connectivity index (χ4v) is 3.00. The Hall–Kier alpha value is -2.58. The number of hydrogen-bond donors (Lipinski definition) is 3. The van der Waals surface area contributed by atoms with Gasteiger partial charge < -0.3 is 15.4 Å². The number of nitrogens with two attached hydrogens (primary N) is 1. The summed E-state index contributed by atoms with van der Waals surface area (Å²) in [6, 6.07) is 12.5. The molecule has 0 aliphatic carbocycles. The van der Waals surface area contributed by atoms with Crippen molar-refractivity contribution in [2.45, 2.75) is 24.9 Å². The molecule has 2 aromatic carbocycles.